The summed E-state index contributed by atoms with van der Waals surface area (Å²) in [6.45, 7) is 16.8. The zero-order chi connectivity index (χ0) is 18.0. The molecular weight excluding hydrogens is 290 g/mol. The monoisotopic (exact) mass is 329 g/mol. The summed E-state index contributed by atoms with van der Waals surface area (Å²) in [4.78, 5) is 0. The van der Waals surface area contributed by atoms with Gasteiger partial charge in [-0.15, -0.1) is 0 Å². The Morgan fingerprint density at radius 1 is 0.917 bits per heavy atom. The quantitative estimate of drug-likeness (QED) is 0.534. The lowest BCUT2D eigenvalue weighted by molar-refractivity contribution is -0.194. The fraction of sp³-hybridized carbons (Fsp3) is 0.957. The topological polar surface area (TPSA) is 23.8 Å². The van der Waals surface area contributed by atoms with Gasteiger partial charge >= 0.3 is 0 Å². The summed E-state index contributed by atoms with van der Waals surface area (Å²) in [5, 5.41) is 9.92. The lowest BCUT2D eigenvalue weighted by Crippen LogP contribution is -2.61. The lowest BCUT2D eigenvalue weighted by Gasteiger charge is -2.69. The summed E-state index contributed by atoms with van der Waals surface area (Å²) < 4.78 is 0. The van der Waals surface area contributed by atoms with Crippen LogP contribution in [0.5, 0.6) is 0 Å². The Bertz CT molecular complexity index is 531. The molecule has 4 rings (SSSR count). The summed E-state index contributed by atoms with van der Waals surface area (Å²) in [7, 11) is 0. The third-order valence-electron chi connectivity index (χ3n) is 8.98. The van der Waals surface area contributed by atoms with E-state index >= 15 is 0 Å². The van der Waals surface area contributed by atoms with E-state index in [1.165, 1.54) is 51.4 Å². The first-order chi connectivity index (χ1) is 10.9. The van der Waals surface area contributed by atoms with Gasteiger partial charge in [-0.2, -0.15) is 5.26 Å². The van der Waals surface area contributed by atoms with Crippen molar-refractivity contribution in [2.45, 2.75) is 99.8 Å². The molecule has 1 nitrogen and oxygen atoms in total. The Labute approximate surface area is 150 Å². The standard InChI is InChI=1S/C23H39N/c1-8-19(2,3)14-20(4,5)22-10-17-9-18(11-22)13-23(12-17,15-22)21(6,7)16-24/h17-18H,8-15H2,1-7H3. The van der Waals surface area contributed by atoms with Crippen LogP contribution in [0.2, 0.25) is 0 Å². The van der Waals surface area contributed by atoms with Crippen LogP contribution in [-0.2, 0) is 0 Å². The second kappa shape index (κ2) is 5.25. The minimum atomic E-state index is -0.174. The first-order valence-electron chi connectivity index (χ1n) is 10.3. The van der Waals surface area contributed by atoms with Gasteiger partial charge in [-0.25, -0.2) is 0 Å². The maximum Gasteiger partial charge on any atom is 0.0689 e. The van der Waals surface area contributed by atoms with Crippen molar-refractivity contribution >= 4 is 0 Å². The summed E-state index contributed by atoms with van der Waals surface area (Å²) >= 11 is 0. The fourth-order valence-corrected chi connectivity index (χ4v) is 7.41. The number of hydrogen-bond donors (Lipinski definition) is 0. The first-order valence-corrected chi connectivity index (χ1v) is 10.3. The van der Waals surface area contributed by atoms with E-state index < -0.39 is 0 Å². The van der Waals surface area contributed by atoms with Gasteiger partial charge in [-0.1, -0.05) is 41.0 Å². The number of nitriles is 1. The van der Waals surface area contributed by atoms with Gasteiger partial charge in [0, 0.05) is 0 Å². The van der Waals surface area contributed by atoms with Crippen molar-refractivity contribution in [1.82, 2.24) is 0 Å². The molecule has 0 N–H and O–H groups in total. The third-order valence-corrected chi connectivity index (χ3v) is 8.98. The zero-order valence-electron chi connectivity index (χ0n) is 17.3. The normalized spacial score (nSPS) is 39.1. The van der Waals surface area contributed by atoms with E-state index in [0.717, 1.165) is 11.8 Å². The fourth-order valence-electron chi connectivity index (χ4n) is 7.41. The highest BCUT2D eigenvalue weighted by atomic mass is 14.7. The predicted octanol–water partition coefficient (Wildman–Crippen LogP) is 6.98. The summed E-state index contributed by atoms with van der Waals surface area (Å²) in [5.41, 5.74) is 1.37. The molecule has 136 valence electrons. The molecule has 0 aromatic heterocycles. The average Bonchev–Trinajstić information content (AvgIpc) is 2.44. The number of rotatable bonds is 5. The van der Waals surface area contributed by atoms with Gasteiger partial charge in [0.25, 0.3) is 0 Å². The minimum Gasteiger partial charge on any atom is -0.198 e. The average molecular weight is 330 g/mol. The van der Waals surface area contributed by atoms with Crippen molar-refractivity contribution in [3.05, 3.63) is 0 Å². The predicted molar refractivity (Wildman–Crippen MR) is 101 cm³/mol. The van der Waals surface area contributed by atoms with Gasteiger partial charge in [0.2, 0.25) is 0 Å². The van der Waals surface area contributed by atoms with Crippen molar-refractivity contribution in [1.29, 1.82) is 5.26 Å². The molecule has 0 heterocycles. The molecule has 0 saturated heterocycles. The lowest BCUT2D eigenvalue weighted by atomic mass is 9.35. The van der Waals surface area contributed by atoms with E-state index in [4.69, 9.17) is 0 Å². The molecule has 4 aliphatic carbocycles. The van der Waals surface area contributed by atoms with Crippen molar-refractivity contribution in [3.63, 3.8) is 0 Å². The molecule has 1 heteroatoms. The van der Waals surface area contributed by atoms with Crippen LogP contribution < -0.4 is 0 Å². The van der Waals surface area contributed by atoms with Crippen LogP contribution in [0.3, 0.4) is 0 Å². The third kappa shape index (κ3) is 2.55. The molecule has 0 amide bonds. The summed E-state index contributed by atoms with van der Waals surface area (Å²) in [5.74, 6) is 1.76. The molecular formula is C23H39N. The highest BCUT2D eigenvalue weighted by Gasteiger charge is 2.65. The molecule has 0 spiro atoms. The van der Waals surface area contributed by atoms with Crippen LogP contribution in [0.4, 0.5) is 0 Å². The van der Waals surface area contributed by atoms with Crippen molar-refractivity contribution in [2.24, 2.45) is 38.9 Å². The van der Waals surface area contributed by atoms with Gasteiger partial charge < -0.3 is 0 Å². The largest absolute Gasteiger partial charge is 0.198 e. The second-order valence-electron chi connectivity index (χ2n) is 11.8. The number of hydrogen-bond acceptors (Lipinski definition) is 1. The van der Waals surface area contributed by atoms with E-state index in [2.05, 4.69) is 54.5 Å². The highest BCUT2D eigenvalue weighted by Crippen LogP contribution is 2.74. The number of nitrogens with zero attached hydrogens (tertiary/aromatic N) is 1. The van der Waals surface area contributed by atoms with E-state index in [1.807, 2.05) is 0 Å². The van der Waals surface area contributed by atoms with Gasteiger partial charge in [0.1, 0.15) is 0 Å². The Hall–Kier alpha value is -0.510. The Morgan fingerprint density at radius 3 is 1.88 bits per heavy atom. The van der Waals surface area contributed by atoms with Crippen molar-refractivity contribution in [3.8, 4) is 6.07 Å². The van der Waals surface area contributed by atoms with Crippen LogP contribution >= 0.6 is 0 Å². The Kier molecular flexibility index (Phi) is 4.00. The summed E-state index contributed by atoms with van der Waals surface area (Å²) in [6.07, 6.45) is 10.8. The van der Waals surface area contributed by atoms with Gasteiger partial charge in [0.15, 0.2) is 0 Å². The van der Waals surface area contributed by atoms with Crippen LogP contribution in [0.15, 0.2) is 0 Å². The zero-order valence-corrected chi connectivity index (χ0v) is 17.3. The smallest absolute Gasteiger partial charge is 0.0689 e. The molecule has 4 aliphatic rings. The molecule has 2 unspecified atom stereocenters. The van der Waals surface area contributed by atoms with E-state index in [0.29, 0.717) is 16.2 Å². The Morgan fingerprint density at radius 2 is 1.42 bits per heavy atom. The molecule has 0 aromatic carbocycles. The van der Waals surface area contributed by atoms with E-state index in [9.17, 15) is 5.26 Å². The first kappa shape index (κ1) is 18.3. The SMILES string of the molecule is CCC(C)(C)CC(C)(C)C12CC3CC(CC(C(C)(C)C#N)(C3)C1)C2. The molecule has 0 aromatic rings. The molecule has 0 aliphatic heterocycles. The maximum absolute atomic E-state index is 9.92. The van der Waals surface area contributed by atoms with Crippen LogP contribution in [-0.4, -0.2) is 0 Å². The van der Waals surface area contributed by atoms with Gasteiger partial charge in [-0.05, 0) is 92.3 Å². The second-order valence-corrected chi connectivity index (χ2v) is 11.8. The van der Waals surface area contributed by atoms with Gasteiger partial charge in [-0.3, -0.25) is 0 Å². The van der Waals surface area contributed by atoms with Gasteiger partial charge in [0.05, 0.1) is 11.5 Å². The van der Waals surface area contributed by atoms with Crippen LogP contribution in [0.1, 0.15) is 99.8 Å². The maximum atomic E-state index is 9.92. The van der Waals surface area contributed by atoms with Crippen molar-refractivity contribution in [2.75, 3.05) is 0 Å². The molecule has 4 fully saturated rings. The minimum absolute atomic E-state index is 0.174. The molecule has 4 saturated carbocycles. The molecule has 2 atom stereocenters. The van der Waals surface area contributed by atoms with E-state index in [1.54, 1.807) is 0 Å². The highest BCUT2D eigenvalue weighted by molar-refractivity contribution is 5.18. The molecule has 4 bridgehead atoms. The van der Waals surface area contributed by atoms with Crippen LogP contribution in [0, 0.1) is 50.2 Å². The Balaban J connectivity index is 1.98. The molecule has 24 heavy (non-hydrogen) atoms. The molecule has 0 radical (unpaired) electrons. The van der Waals surface area contributed by atoms with Crippen molar-refractivity contribution < 1.29 is 0 Å². The summed E-state index contributed by atoms with van der Waals surface area (Å²) in [6, 6.07) is 2.73. The van der Waals surface area contributed by atoms with E-state index in [-0.39, 0.29) is 10.8 Å². The van der Waals surface area contributed by atoms with Crippen LogP contribution in [0.25, 0.3) is 0 Å².